The van der Waals surface area contributed by atoms with Crippen molar-refractivity contribution in [3.63, 3.8) is 0 Å². The quantitative estimate of drug-likeness (QED) is 0.887. The van der Waals surface area contributed by atoms with Crippen LogP contribution in [-0.4, -0.2) is 23.2 Å². The molecule has 21 heavy (non-hydrogen) atoms. The van der Waals surface area contributed by atoms with Crippen molar-refractivity contribution in [2.24, 2.45) is 0 Å². The maximum atomic E-state index is 11.8. The normalized spacial score (nSPS) is 11.4. The summed E-state index contributed by atoms with van der Waals surface area (Å²) < 4.78 is 5.51. The van der Waals surface area contributed by atoms with E-state index in [0.717, 1.165) is 17.2 Å². The number of amides is 1. The second-order valence-corrected chi connectivity index (χ2v) is 5.77. The molecule has 0 bridgehead atoms. The Hall–Kier alpha value is -2.23. The van der Waals surface area contributed by atoms with Crippen molar-refractivity contribution in [1.29, 1.82) is 0 Å². The molecule has 2 N–H and O–H groups in total. The van der Waals surface area contributed by atoms with Crippen molar-refractivity contribution in [1.82, 2.24) is 5.32 Å². The largest absolute Gasteiger partial charge is 0.508 e. The number of phenols is 1. The van der Waals surface area contributed by atoms with Gasteiger partial charge in [0.25, 0.3) is 5.91 Å². The third kappa shape index (κ3) is 4.12. The van der Waals surface area contributed by atoms with Gasteiger partial charge in [0.2, 0.25) is 0 Å². The number of phenolic OH excluding ortho intramolecular Hbond substituents is 1. The Balaban J connectivity index is 2.02. The number of carbonyl (C=O) groups is 1. The molecule has 0 aliphatic rings. The molecular formula is C17H21NO3. The second kappa shape index (κ2) is 6.04. The van der Waals surface area contributed by atoms with E-state index in [9.17, 15) is 9.90 Å². The molecule has 4 heteroatoms. The van der Waals surface area contributed by atoms with E-state index in [1.54, 1.807) is 12.1 Å². The van der Waals surface area contributed by atoms with E-state index in [1.807, 2.05) is 45.0 Å². The van der Waals surface area contributed by atoms with Crippen molar-refractivity contribution in [3.8, 4) is 11.5 Å². The molecule has 0 aliphatic carbocycles. The van der Waals surface area contributed by atoms with Gasteiger partial charge in [0.1, 0.15) is 11.5 Å². The smallest absolute Gasteiger partial charge is 0.258 e. The first kappa shape index (κ1) is 15.2. The van der Waals surface area contributed by atoms with E-state index in [2.05, 4.69) is 5.32 Å². The highest BCUT2D eigenvalue weighted by Crippen LogP contribution is 2.24. The van der Waals surface area contributed by atoms with E-state index in [1.165, 1.54) is 0 Å². The third-order valence-corrected chi connectivity index (χ3v) is 3.53. The zero-order valence-electron chi connectivity index (χ0n) is 12.6. The zero-order valence-corrected chi connectivity index (χ0v) is 12.6. The molecule has 0 saturated heterocycles. The molecule has 0 aromatic heterocycles. The lowest BCUT2D eigenvalue weighted by Crippen LogP contribution is -2.44. The topological polar surface area (TPSA) is 58.6 Å². The van der Waals surface area contributed by atoms with Gasteiger partial charge in [-0.05, 0) is 55.3 Å². The molecule has 2 aromatic rings. The lowest BCUT2D eigenvalue weighted by molar-refractivity contribution is -0.124. The highest BCUT2D eigenvalue weighted by atomic mass is 16.5. The second-order valence-electron chi connectivity index (χ2n) is 5.77. The van der Waals surface area contributed by atoms with Crippen molar-refractivity contribution in [3.05, 3.63) is 36.4 Å². The van der Waals surface area contributed by atoms with Crippen molar-refractivity contribution in [2.45, 2.75) is 32.7 Å². The number of hydrogen-bond donors (Lipinski definition) is 2. The van der Waals surface area contributed by atoms with Gasteiger partial charge in [0.15, 0.2) is 6.61 Å². The molecule has 0 aliphatic heterocycles. The van der Waals surface area contributed by atoms with Crippen LogP contribution < -0.4 is 10.1 Å². The highest BCUT2D eigenvalue weighted by Gasteiger charge is 2.17. The average Bonchev–Trinajstić information content (AvgIpc) is 2.44. The highest BCUT2D eigenvalue weighted by molar-refractivity contribution is 5.85. The van der Waals surface area contributed by atoms with Crippen LogP contribution in [0.4, 0.5) is 0 Å². The SMILES string of the molecule is CCC(C)(C)NC(=O)COc1ccc2ccc(O)cc2c1. The van der Waals surface area contributed by atoms with Gasteiger partial charge in [-0.3, -0.25) is 4.79 Å². The Morgan fingerprint density at radius 2 is 1.90 bits per heavy atom. The van der Waals surface area contributed by atoms with Crippen LogP contribution >= 0.6 is 0 Å². The molecule has 2 aromatic carbocycles. The number of nitrogens with one attached hydrogen (secondary N) is 1. The molecular weight excluding hydrogens is 266 g/mol. The van der Waals surface area contributed by atoms with Crippen LogP contribution in [0.2, 0.25) is 0 Å². The van der Waals surface area contributed by atoms with Gasteiger partial charge in [-0.2, -0.15) is 0 Å². The monoisotopic (exact) mass is 287 g/mol. The van der Waals surface area contributed by atoms with E-state index < -0.39 is 0 Å². The van der Waals surface area contributed by atoms with Gasteiger partial charge in [-0.25, -0.2) is 0 Å². The van der Waals surface area contributed by atoms with Crippen LogP contribution in [0, 0.1) is 0 Å². The molecule has 0 atom stereocenters. The van der Waals surface area contributed by atoms with Crippen LogP contribution in [0.1, 0.15) is 27.2 Å². The average molecular weight is 287 g/mol. The molecule has 0 saturated carbocycles. The van der Waals surface area contributed by atoms with Crippen LogP contribution in [-0.2, 0) is 4.79 Å². The lowest BCUT2D eigenvalue weighted by Gasteiger charge is -2.24. The molecule has 0 fully saturated rings. The molecule has 0 unspecified atom stereocenters. The van der Waals surface area contributed by atoms with Gasteiger partial charge in [-0.15, -0.1) is 0 Å². The van der Waals surface area contributed by atoms with Crippen LogP contribution in [0.15, 0.2) is 36.4 Å². The van der Waals surface area contributed by atoms with Gasteiger partial charge < -0.3 is 15.2 Å². The molecule has 0 spiro atoms. The lowest BCUT2D eigenvalue weighted by atomic mass is 10.0. The fourth-order valence-corrected chi connectivity index (χ4v) is 1.95. The zero-order chi connectivity index (χ0) is 15.5. The summed E-state index contributed by atoms with van der Waals surface area (Å²) in [5.74, 6) is 0.678. The van der Waals surface area contributed by atoms with Crippen LogP contribution in [0.25, 0.3) is 10.8 Å². The van der Waals surface area contributed by atoms with Crippen molar-refractivity contribution >= 4 is 16.7 Å². The third-order valence-electron chi connectivity index (χ3n) is 3.53. The summed E-state index contributed by atoms with van der Waals surface area (Å²) in [5.41, 5.74) is -0.227. The van der Waals surface area contributed by atoms with Crippen LogP contribution in [0.5, 0.6) is 11.5 Å². The summed E-state index contributed by atoms with van der Waals surface area (Å²) in [6, 6.07) is 10.7. The molecule has 2 rings (SSSR count). The summed E-state index contributed by atoms with van der Waals surface area (Å²) in [6.07, 6.45) is 0.855. The Morgan fingerprint density at radius 3 is 2.62 bits per heavy atom. The minimum atomic E-state index is -0.227. The first-order chi connectivity index (χ1) is 9.89. The summed E-state index contributed by atoms with van der Waals surface area (Å²) >= 11 is 0. The Kier molecular flexibility index (Phi) is 4.36. The maximum Gasteiger partial charge on any atom is 0.258 e. The number of fused-ring (bicyclic) bond motifs is 1. The summed E-state index contributed by atoms with van der Waals surface area (Å²) in [5, 5.41) is 14.3. The molecule has 0 radical (unpaired) electrons. The predicted molar refractivity (Wildman–Crippen MR) is 83.6 cm³/mol. The van der Waals surface area contributed by atoms with Crippen molar-refractivity contribution < 1.29 is 14.6 Å². The van der Waals surface area contributed by atoms with E-state index in [-0.39, 0.29) is 23.8 Å². The molecule has 1 amide bonds. The number of benzene rings is 2. The minimum Gasteiger partial charge on any atom is -0.508 e. The van der Waals surface area contributed by atoms with E-state index in [0.29, 0.717) is 5.75 Å². The fourth-order valence-electron chi connectivity index (χ4n) is 1.95. The van der Waals surface area contributed by atoms with E-state index in [4.69, 9.17) is 4.74 Å². The van der Waals surface area contributed by atoms with Crippen molar-refractivity contribution in [2.75, 3.05) is 6.61 Å². The van der Waals surface area contributed by atoms with Crippen LogP contribution in [0.3, 0.4) is 0 Å². The summed E-state index contributed by atoms with van der Waals surface area (Å²) in [7, 11) is 0. The number of rotatable bonds is 5. The number of carbonyl (C=O) groups excluding carboxylic acids is 1. The van der Waals surface area contributed by atoms with Gasteiger partial charge in [0.05, 0.1) is 0 Å². The Labute approximate surface area is 124 Å². The first-order valence-electron chi connectivity index (χ1n) is 7.06. The van der Waals surface area contributed by atoms with Gasteiger partial charge >= 0.3 is 0 Å². The molecule has 112 valence electrons. The van der Waals surface area contributed by atoms with Gasteiger partial charge in [0, 0.05) is 5.54 Å². The maximum absolute atomic E-state index is 11.8. The standard InChI is InChI=1S/C17H21NO3/c1-4-17(2,3)18-16(20)11-21-15-8-6-12-5-7-14(19)9-13(12)10-15/h5-10,19H,4,11H2,1-3H3,(H,18,20). The summed E-state index contributed by atoms with van der Waals surface area (Å²) in [4.78, 5) is 11.8. The molecule has 0 heterocycles. The number of ether oxygens (including phenoxy) is 1. The predicted octanol–water partition coefficient (Wildman–Crippen LogP) is 3.23. The number of aromatic hydroxyl groups is 1. The minimum absolute atomic E-state index is 0.0201. The van der Waals surface area contributed by atoms with Gasteiger partial charge in [-0.1, -0.05) is 19.1 Å². The Morgan fingerprint density at radius 1 is 1.19 bits per heavy atom. The number of hydrogen-bond acceptors (Lipinski definition) is 3. The summed E-state index contributed by atoms with van der Waals surface area (Å²) in [6.45, 7) is 5.96. The molecule has 4 nitrogen and oxygen atoms in total. The fraction of sp³-hybridized carbons (Fsp3) is 0.353. The van der Waals surface area contributed by atoms with E-state index >= 15 is 0 Å². The first-order valence-corrected chi connectivity index (χ1v) is 7.06. The Bertz CT molecular complexity index is 650.